The summed E-state index contributed by atoms with van der Waals surface area (Å²) in [5, 5.41) is 15.9. The number of rotatable bonds is 3. The number of aromatic amines is 1. The number of hydrogen-bond donors (Lipinski definition) is 2. The van der Waals surface area contributed by atoms with Crippen molar-refractivity contribution in [1.82, 2.24) is 20.1 Å². The molecule has 1 aliphatic heterocycles. The second kappa shape index (κ2) is 5.27. The number of hydrogen-bond acceptors (Lipinski definition) is 4. The van der Waals surface area contributed by atoms with E-state index in [-0.39, 0.29) is 24.4 Å². The molecule has 94 valence electrons. The van der Waals surface area contributed by atoms with Crippen LogP contribution < -0.4 is 0 Å². The SMILES string of the molecule is CCc1nc(C(=O)N2CCCCC2CO)n[nH]1. The van der Waals surface area contributed by atoms with Crippen LogP contribution in [0.2, 0.25) is 0 Å². The molecule has 2 heterocycles. The first-order valence-corrected chi connectivity index (χ1v) is 6.09. The lowest BCUT2D eigenvalue weighted by Crippen LogP contribution is -2.46. The molecule has 0 bridgehead atoms. The van der Waals surface area contributed by atoms with Crippen molar-refractivity contribution in [3.8, 4) is 0 Å². The van der Waals surface area contributed by atoms with Gasteiger partial charge in [0.05, 0.1) is 12.6 Å². The van der Waals surface area contributed by atoms with Crippen molar-refractivity contribution in [2.45, 2.75) is 38.6 Å². The van der Waals surface area contributed by atoms with Gasteiger partial charge in [-0.3, -0.25) is 9.89 Å². The van der Waals surface area contributed by atoms with Crippen LogP contribution in [0, 0.1) is 0 Å². The number of amides is 1. The van der Waals surface area contributed by atoms with Gasteiger partial charge in [0, 0.05) is 13.0 Å². The normalized spacial score (nSPS) is 20.6. The molecule has 0 radical (unpaired) electrons. The molecule has 1 saturated heterocycles. The largest absolute Gasteiger partial charge is 0.394 e. The van der Waals surface area contributed by atoms with Crippen LogP contribution in [-0.4, -0.2) is 50.3 Å². The van der Waals surface area contributed by atoms with E-state index in [9.17, 15) is 9.90 Å². The molecule has 1 aliphatic rings. The molecular formula is C11H18N4O2. The molecule has 0 aromatic carbocycles. The van der Waals surface area contributed by atoms with E-state index in [2.05, 4.69) is 15.2 Å². The van der Waals surface area contributed by atoms with E-state index in [0.29, 0.717) is 12.4 Å². The molecule has 1 amide bonds. The summed E-state index contributed by atoms with van der Waals surface area (Å²) in [6.07, 6.45) is 3.62. The highest BCUT2D eigenvalue weighted by atomic mass is 16.3. The van der Waals surface area contributed by atoms with Gasteiger partial charge < -0.3 is 10.0 Å². The number of piperidine rings is 1. The maximum absolute atomic E-state index is 12.2. The minimum Gasteiger partial charge on any atom is -0.394 e. The van der Waals surface area contributed by atoms with Gasteiger partial charge in [-0.1, -0.05) is 6.92 Å². The van der Waals surface area contributed by atoms with Gasteiger partial charge in [0.2, 0.25) is 5.82 Å². The Morgan fingerprint density at radius 3 is 3.06 bits per heavy atom. The predicted octanol–water partition coefficient (Wildman–Crippen LogP) is 0.354. The summed E-state index contributed by atoms with van der Waals surface area (Å²) >= 11 is 0. The van der Waals surface area contributed by atoms with Crippen LogP contribution in [0.15, 0.2) is 0 Å². The summed E-state index contributed by atoms with van der Waals surface area (Å²) in [7, 11) is 0. The lowest BCUT2D eigenvalue weighted by Gasteiger charge is -2.33. The lowest BCUT2D eigenvalue weighted by atomic mass is 10.0. The number of aliphatic hydroxyl groups excluding tert-OH is 1. The Balaban J connectivity index is 2.12. The van der Waals surface area contributed by atoms with E-state index in [1.807, 2.05) is 6.92 Å². The first kappa shape index (κ1) is 12.0. The topological polar surface area (TPSA) is 82.1 Å². The maximum atomic E-state index is 12.2. The second-order valence-corrected chi connectivity index (χ2v) is 4.29. The Morgan fingerprint density at radius 1 is 1.59 bits per heavy atom. The van der Waals surface area contributed by atoms with E-state index in [4.69, 9.17) is 0 Å². The number of carbonyl (C=O) groups is 1. The Bertz CT molecular complexity index is 391. The standard InChI is InChI=1S/C11H18N4O2/c1-2-9-12-10(14-13-9)11(17)15-6-4-3-5-8(15)7-16/h8,16H,2-7H2,1H3,(H,12,13,14). The number of carbonyl (C=O) groups excluding carboxylic acids is 1. The van der Waals surface area contributed by atoms with Crippen LogP contribution in [0.4, 0.5) is 0 Å². The summed E-state index contributed by atoms with van der Waals surface area (Å²) < 4.78 is 0. The van der Waals surface area contributed by atoms with Crippen LogP contribution in [0.3, 0.4) is 0 Å². The predicted molar refractivity (Wildman–Crippen MR) is 61.5 cm³/mol. The number of aliphatic hydroxyl groups is 1. The molecule has 0 saturated carbocycles. The van der Waals surface area contributed by atoms with Gasteiger partial charge in [-0.25, -0.2) is 4.98 Å². The van der Waals surface area contributed by atoms with E-state index in [0.717, 1.165) is 25.7 Å². The average molecular weight is 238 g/mol. The van der Waals surface area contributed by atoms with E-state index >= 15 is 0 Å². The molecule has 6 nitrogen and oxygen atoms in total. The zero-order chi connectivity index (χ0) is 12.3. The van der Waals surface area contributed by atoms with Crippen LogP contribution in [-0.2, 0) is 6.42 Å². The molecule has 1 fully saturated rings. The molecular weight excluding hydrogens is 220 g/mol. The smallest absolute Gasteiger partial charge is 0.293 e. The first-order valence-electron chi connectivity index (χ1n) is 6.09. The number of H-pyrrole nitrogens is 1. The Kier molecular flexibility index (Phi) is 3.73. The molecule has 1 aromatic rings. The zero-order valence-corrected chi connectivity index (χ0v) is 10.0. The molecule has 1 unspecified atom stereocenters. The Hall–Kier alpha value is -1.43. The Morgan fingerprint density at radius 2 is 2.41 bits per heavy atom. The lowest BCUT2D eigenvalue weighted by molar-refractivity contribution is 0.0491. The summed E-state index contributed by atoms with van der Waals surface area (Å²) in [6.45, 7) is 2.64. The van der Waals surface area contributed by atoms with Crippen LogP contribution >= 0.6 is 0 Å². The minimum absolute atomic E-state index is 0.0107. The highest BCUT2D eigenvalue weighted by Crippen LogP contribution is 2.18. The fraction of sp³-hybridized carbons (Fsp3) is 0.727. The maximum Gasteiger partial charge on any atom is 0.293 e. The van der Waals surface area contributed by atoms with Crippen molar-refractivity contribution in [2.24, 2.45) is 0 Å². The first-order chi connectivity index (χ1) is 8.26. The molecule has 2 rings (SSSR count). The quantitative estimate of drug-likeness (QED) is 0.796. The van der Waals surface area contributed by atoms with Crippen molar-refractivity contribution in [3.05, 3.63) is 11.6 Å². The van der Waals surface area contributed by atoms with E-state index in [1.165, 1.54) is 0 Å². The molecule has 2 N–H and O–H groups in total. The Labute approximate surface area is 100 Å². The van der Waals surface area contributed by atoms with Crippen molar-refractivity contribution in [2.75, 3.05) is 13.2 Å². The van der Waals surface area contributed by atoms with E-state index < -0.39 is 0 Å². The molecule has 6 heteroatoms. The number of likely N-dealkylation sites (tertiary alicyclic amines) is 1. The van der Waals surface area contributed by atoms with Gasteiger partial charge in [0.25, 0.3) is 5.91 Å². The van der Waals surface area contributed by atoms with Crippen molar-refractivity contribution < 1.29 is 9.90 Å². The van der Waals surface area contributed by atoms with Crippen LogP contribution in [0.5, 0.6) is 0 Å². The third kappa shape index (κ3) is 2.46. The molecule has 1 atom stereocenters. The highest BCUT2D eigenvalue weighted by Gasteiger charge is 2.28. The fourth-order valence-electron chi connectivity index (χ4n) is 2.14. The third-order valence-corrected chi connectivity index (χ3v) is 3.16. The number of aromatic nitrogens is 3. The van der Waals surface area contributed by atoms with Gasteiger partial charge in [-0.05, 0) is 19.3 Å². The monoisotopic (exact) mass is 238 g/mol. The van der Waals surface area contributed by atoms with Crippen molar-refractivity contribution in [1.29, 1.82) is 0 Å². The zero-order valence-electron chi connectivity index (χ0n) is 10.0. The van der Waals surface area contributed by atoms with E-state index in [1.54, 1.807) is 4.90 Å². The second-order valence-electron chi connectivity index (χ2n) is 4.29. The molecule has 17 heavy (non-hydrogen) atoms. The number of nitrogens with one attached hydrogen (secondary N) is 1. The fourth-order valence-corrected chi connectivity index (χ4v) is 2.14. The number of aryl methyl sites for hydroxylation is 1. The van der Waals surface area contributed by atoms with Crippen LogP contribution in [0.1, 0.15) is 42.6 Å². The summed E-state index contributed by atoms with van der Waals surface area (Å²) in [4.78, 5) is 18.0. The van der Waals surface area contributed by atoms with Crippen LogP contribution in [0.25, 0.3) is 0 Å². The average Bonchev–Trinajstić information content (AvgIpc) is 2.86. The van der Waals surface area contributed by atoms with Gasteiger partial charge in [-0.15, -0.1) is 5.10 Å². The highest BCUT2D eigenvalue weighted by molar-refractivity contribution is 5.90. The number of nitrogens with zero attached hydrogens (tertiary/aromatic N) is 3. The van der Waals surface area contributed by atoms with Crippen molar-refractivity contribution >= 4 is 5.91 Å². The molecule has 1 aromatic heterocycles. The summed E-state index contributed by atoms with van der Waals surface area (Å²) in [5.41, 5.74) is 0. The minimum atomic E-state index is -0.181. The third-order valence-electron chi connectivity index (χ3n) is 3.16. The summed E-state index contributed by atoms with van der Waals surface area (Å²) in [6, 6.07) is -0.0835. The molecule has 0 spiro atoms. The van der Waals surface area contributed by atoms with Crippen molar-refractivity contribution in [3.63, 3.8) is 0 Å². The molecule has 0 aliphatic carbocycles. The van der Waals surface area contributed by atoms with Gasteiger partial charge in [0.15, 0.2) is 0 Å². The van der Waals surface area contributed by atoms with Gasteiger partial charge >= 0.3 is 0 Å². The van der Waals surface area contributed by atoms with Gasteiger partial charge in [-0.2, -0.15) is 0 Å². The van der Waals surface area contributed by atoms with Gasteiger partial charge in [0.1, 0.15) is 5.82 Å². The summed E-state index contributed by atoms with van der Waals surface area (Å²) in [5.74, 6) is 0.743.